The van der Waals surface area contributed by atoms with Crippen molar-refractivity contribution in [1.29, 1.82) is 0 Å². The molecule has 1 aromatic rings. The number of aromatic nitrogens is 1. The maximum Gasteiger partial charge on any atom is 0.224 e. The van der Waals surface area contributed by atoms with Gasteiger partial charge in [0.15, 0.2) is 5.78 Å². The molecule has 4 heteroatoms. The molecule has 1 aromatic heterocycles. The predicted octanol–water partition coefficient (Wildman–Crippen LogP) is 0.938. The monoisotopic (exact) mass is 206 g/mol. The Bertz CT molecular complexity index is 402. The number of methoxy groups -OCH3 is 1. The molecule has 0 fully saturated rings. The molecule has 0 amide bonds. The van der Waals surface area contributed by atoms with E-state index in [9.17, 15) is 4.79 Å². The van der Waals surface area contributed by atoms with Crippen LogP contribution in [-0.2, 0) is 13.0 Å². The van der Waals surface area contributed by atoms with Gasteiger partial charge in [0.25, 0.3) is 0 Å². The van der Waals surface area contributed by atoms with Gasteiger partial charge < -0.3 is 10.1 Å². The van der Waals surface area contributed by atoms with Crippen LogP contribution in [0.2, 0.25) is 0 Å². The largest absolute Gasteiger partial charge is 0.480 e. The van der Waals surface area contributed by atoms with Crippen molar-refractivity contribution in [3.63, 3.8) is 0 Å². The normalized spacial score (nSPS) is 14.5. The minimum absolute atomic E-state index is 0.000632. The first-order chi connectivity index (χ1) is 7.22. The molecule has 0 saturated carbocycles. The van der Waals surface area contributed by atoms with Gasteiger partial charge >= 0.3 is 0 Å². The van der Waals surface area contributed by atoms with Crippen molar-refractivity contribution in [2.75, 3.05) is 13.7 Å². The number of nitrogens with zero attached hydrogens (tertiary/aromatic N) is 1. The Morgan fingerprint density at radius 2 is 2.40 bits per heavy atom. The molecule has 1 aliphatic rings. The van der Waals surface area contributed by atoms with Gasteiger partial charge in [0.2, 0.25) is 5.88 Å². The van der Waals surface area contributed by atoms with Crippen molar-refractivity contribution in [3.05, 3.63) is 22.9 Å². The molecule has 0 saturated heterocycles. The number of pyridine rings is 1. The molecule has 0 radical (unpaired) electrons. The van der Waals surface area contributed by atoms with Crippen molar-refractivity contribution in [2.45, 2.75) is 19.9 Å². The zero-order valence-electron chi connectivity index (χ0n) is 8.96. The molecule has 2 rings (SSSR count). The van der Waals surface area contributed by atoms with Gasteiger partial charge in [-0.25, -0.2) is 4.98 Å². The first-order valence-electron chi connectivity index (χ1n) is 5.01. The number of nitrogens with one attached hydrogen (secondary N) is 1. The fraction of sp³-hybridized carbons (Fsp3) is 0.455. The third-order valence-electron chi connectivity index (χ3n) is 2.59. The van der Waals surface area contributed by atoms with Crippen molar-refractivity contribution in [3.8, 4) is 5.88 Å². The number of fused-ring (bicyclic) bond motifs is 1. The second kappa shape index (κ2) is 3.98. The Balaban J connectivity index is 2.51. The molecule has 80 valence electrons. The summed E-state index contributed by atoms with van der Waals surface area (Å²) >= 11 is 0. The summed E-state index contributed by atoms with van der Waals surface area (Å²) in [6.45, 7) is 3.23. The molecule has 15 heavy (non-hydrogen) atoms. The van der Waals surface area contributed by atoms with Gasteiger partial charge in [-0.05, 0) is 31.5 Å². The Labute approximate surface area is 88.7 Å². The highest BCUT2D eigenvalue weighted by molar-refractivity contribution is 5.96. The van der Waals surface area contributed by atoms with E-state index in [1.165, 1.54) is 14.0 Å². The number of carbonyl (C=O) groups is 1. The summed E-state index contributed by atoms with van der Waals surface area (Å²) in [5.41, 5.74) is 2.72. The average molecular weight is 206 g/mol. The molecule has 1 aliphatic heterocycles. The summed E-state index contributed by atoms with van der Waals surface area (Å²) in [4.78, 5) is 15.7. The standard InChI is InChI=1S/C11H14N2O2/c1-7(14)9-5-8-3-4-12-6-10(8)13-11(9)15-2/h5,12H,3-4,6H2,1-2H3. The lowest BCUT2D eigenvalue weighted by atomic mass is 10.0. The van der Waals surface area contributed by atoms with Gasteiger partial charge in [-0.3, -0.25) is 4.79 Å². The third kappa shape index (κ3) is 1.85. The van der Waals surface area contributed by atoms with Gasteiger partial charge in [0.1, 0.15) is 0 Å². The number of ketones is 1. The maximum atomic E-state index is 11.4. The van der Waals surface area contributed by atoms with Crippen LogP contribution in [0.3, 0.4) is 0 Å². The SMILES string of the molecule is COc1nc2c(cc1C(C)=O)CCNC2. The highest BCUT2D eigenvalue weighted by atomic mass is 16.5. The minimum Gasteiger partial charge on any atom is -0.480 e. The highest BCUT2D eigenvalue weighted by Gasteiger charge is 2.17. The molecule has 4 nitrogen and oxygen atoms in total. The van der Waals surface area contributed by atoms with E-state index in [-0.39, 0.29) is 5.78 Å². The van der Waals surface area contributed by atoms with Gasteiger partial charge in [0.05, 0.1) is 18.4 Å². The van der Waals surface area contributed by atoms with Gasteiger partial charge in [-0.1, -0.05) is 0 Å². The quantitative estimate of drug-likeness (QED) is 0.732. The molecular weight excluding hydrogens is 192 g/mol. The smallest absolute Gasteiger partial charge is 0.224 e. The minimum atomic E-state index is 0.000632. The molecule has 1 N–H and O–H groups in total. The molecule has 0 spiro atoms. The van der Waals surface area contributed by atoms with Crippen molar-refractivity contribution >= 4 is 5.78 Å². The molecule has 0 unspecified atom stereocenters. The number of hydrogen-bond acceptors (Lipinski definition) is 4. The summed E-state index contributed by atoms with van der Waals surface area (Å²) in [7, 11) is 1.54. The number of Topliss-reactive ketones (excluding diaryl/α,β-unsaturated/α-hetero) is 1. The summed E-state index contributed by atoms with van der Waals surface area (Å²) in [6, 6.07) is 1.91. The summed E-state index contributed by atoms with van der Waals surface area (Å²) in [6.07, 6.45) is 0.923. The lowest BCUT2D eigenvalue weighted by molar-refractivity contribution is 0.101. The molecule has 0 aliphatic carbocycles. The van der Waals surface area contributed by atoms with Crippen molar-refractivity contribution in [1.82, 2.24) is 10.3 Å². The molecule has 0 atom stereocenters. The van der Waals surface area contributed by atoms with Crippen LogP contribution in [0.25, 0.3) is 0 Å². The maximum absolute atomic E-state index is 11.4. The third-order valence-corrected chi connectivity index (χ3v) is 2.59. The summed E-state index contributed by atoms with van der Waals surface area (Å²) in [5, 5.41) is 3.24. The van der Waals surface area contributed by atoms with Gasteiger partial charge in [-0.15, -0.1) is 0 Å². The number of ether oxygens (including phenoxy) is 1. The fourth-order valence-corrected chi connectivity index (χ4v) is 1.78. The number of rotatable bonds is 2. The van der Waals surface area contributed by atoms with E-state index in [4.69, 9.17) is 4.74 Å². The number of hydrogen-bond donors (Lipinski definition) is 1. The lowest BCUT2D eigenvalue weighted by Gasteiger charge is -2.18. The lowest BCUT2D eigenvalue weighted by Crippen LogP contribution is -2.25. The second-order valence-electron chi connectivity index (χ2n) is 3.63. The number of carbonyl (C=O) groups excluding carboxylic acids is 1. The van der Waals surface area contributed by atoms with E-state index < -0.39 is 0 Å². The first kappa shape index (κ1) is 10.1. The van der Waals surface area contributed by atoms with Crippen molar-refractivity contribution in [2.24, 2.45) is 0 Å². The van der Waals surface area contributed by atoms with Crippen LogP contribution in [0.5, 0.6) is 5.88 Å². The zero-order valence-corrected chi connectivity index (χ0v) is 8.96. The van der Waals surface area contributed by atoms with Crippen LogP contribution < -0.4 is 10.1 Å². The van der Waals surface area contributed by atoms with Crippen molar-refractivity contribution < 1.29 is 9.53 Å². The molecular formula is C11H14N2O2. The van der Waals surface area contributed by atoms with Gasteiger partial charge in [-0.2, -0.15) is 0 Å². The molecule has 2 heterocycles. The zero-order chi connectivity index (χ0) is 10.8. The van der Waals surface area contributed by atoms with Crippen LogP contribution in [0.15, 0.2) is 6.07 Å². The Morgan fingerprint density at radius 3 is 3.07 bits per heavy atom. The Morgan fingerprint density at radius 1 is 1.60 bits per heavy atom. The van der Waals surface area contributed by atoms with Crippen LogP contribution in [0.4, 0.5) is 0 Å². The summed E-state index contributed by atoms with van der Waals surface area (Å²) in [5.74, 6) is 0.436. The topological polar surface area (TPSA) is 51.2 Å². The average Bonchev–Trinajstić information content (AvgIpc) is 2.27. The van der Waals surface area contributed by atoms with Crippen LogP contribution >= 0.6 is 0 Å². The molecule has 0 bridgehead atoms. The summed E-state index contributed by atoms with van der Waals surface area (Å²) < 4.78 is 5.11. The Kier molecular flexibility index (Phi) is 2.68. The van der Waals surface area contributed by atoms with Crippen LogP contribution in [-0.4, -0.2) is 24.4 Å². The first-order valence-corrected chi connectivity index (χ1v) is 5.01. The fourth-order valence-electron chi connectivity index (χ4n) is 1.78. The predicted molar refractivity (Wildman–Crippen MR) is 56.2 cm³/mol. The Hall–Kier alpha value is -1.42. The van der Waals surface area contributed by atoms with E-state index >= 15 is 0 Å². The van der Waals surface area contributed by atoms with Crippen LogP contribution in [0, 0.1) is 0 Å². The van der Waals surface area contributed by atoms with E-state index in [1.807, 2.05) is 6.07 Å². The second-order valence-corrected chi connectivity index (χ2v) is 3.63. The van der Waals surface area contributed by atoms with E-state index in [2.05, 4.69) is 10.3 Å². The van der Waals surface area contributed by atoms with Gasteiger partial charge in [0, 0.05) is 6.54 Å². The van der Waals surface area contributed by atoms with Crippen LogP contribution in [0.1, 0.15) is 28.5 Å². The van der Waals surface area contributed by atoms with E-state index in [1.54, 1.807) is 0 Å². The molecule has 0 aromatic carbocycles. The van der Waals surface area contributed by atoms with E-state index in [0.717, 1.165) is 30.8 Å². The van der Waals surface area contributed by atoms with E-state index in [0.29, 0.717) is 11.4 Å². The highest BCUT2D eigenvalue weighted by Crippen LogP contribution is 2.22.